The van der Waals surface area contributed by atoms with Gasteiger partial charge in [-0.2, -0.15) is 0 Å². The van der Waals surface area contributed by atoms with E-state index in [1.165, 1.54) is 22.7 Å². The minimum absolute atomic E-state index is 1.00. The van der Waals surface area contributed by atoms with Crippen molar-refractivity contribution in [1.82, 2.24) is 15.2 Å². The third-order valence-electron chi connectivity index (χ3n) is 3.13. The van der Waals surface area contributed by atoms with E-state index in [4.69, 9.17) is 4.98 Å². The zero-order chi connectivity index (χ0) is 11.5. The maximum atomic E-state index is 4.69. The first-order chi connectivity index (χ1) is 8.42. The summed E-state index contributed by atoms with van der Waals surface area (Å²) in [6, 6.07) is 8.39. The van der Waals surface area contributed by atoms with Crippen molar-refractivity contribution in [3.05, 3.63) is 29.3 Å². The first-order valence-corrected chi connectivity index (χ1v) is 7.01. The van der Waals surface area contributed by atoms with E-state index in [0.29, 0.717) is 0 Å². The molecular formula is C13H17N3S. The Labute approximate surface area is 105 Å². The lowest BCUT2D eigenvalue weighted by Crippen LogP contribution is -2.27. The van der Waals surface area contributed by atoms with Gasteiger partial charge in [0.2, 0.25) is 0 Å². The SMILES string of the molecule is c1ccc2sc(CN3CCCNCC3)nc2c1. The van der Waals surface area contributed by atoms with E-state index in [1.54, 1.807) is 0 Å². The Hall–Kier alpha value is -0.970. The summed E-state index contributed by atoms with van der Waals surface area (Å²) in [5.74, 6) is 0. The Balaban J connectivity index is 1.75. The van der Waals surface area contributed by atoms with Crippen molar-refractivity contribution < 1.29 is 0 Å². The van der Waals surface area contributed by atoms with Crippen LogP contribution < -0.4 is 5.32 Å². The smallest absolute Gasteiger partial charge is 0.108 e. The van der Waals surface area contributed by atoms with Crippen LogP contribution in [0.4, 0.5) is 0 Å². The van der Waals surface area contributed by atoms with Gasteiger partial charge in [0.25, 0.3) is 0 Å². The summed E-state index contributed by atoms with van der Waals surface area (Å²) in [5.41, 5.74) is 1.14. The van der Waals surface area contributed by atoms with Gasteiger partial charge in [0.05, 0.1) is 16.8 Å². The predicted octanol–water partition coefficient (Wildman–Crippen LogP) is 2.09. The highest BCUT2D eigenvalue weighted by molar-refractivity contribution is 7.18. The summed E-state index contributed by atoms with van der Waals surface area (Å²) in [5, 5.41) is 4.67. The third kappa shape index (κ3) is 2.65. The summed E-state index contributed by atoms with van der Waals surface area (Å²) >= 11 is 1.82. The summed E-state index contributed by atoms with van der Waals surface area (Å²) in [6.07, 6.45) is 1.24. The van der Waals surface area contributed by atoms with E-state index in [2.05, 4.69) is 34.5 Å². The molecule has 4 heteroatoms. The molecule has 1 aliphatic heterocycles. The van der Waals surface area contributed by atoms with E-state index < -0.39 is 0 Å². The van der Waals surface area contributed by atoms with Gasteiger partial charge in [0, 0.05) is 13.1 Å². The number of nitrogens with one attached hydrogen (secondary N) is 1. The van der Waals surface area contributed by atoms with Crippen LogP contribution in [0.2, 0.25) is 0 Å². The molecular weight excluding hydrogens is 230 g/mol. The van der Waals surface area contributed by atoms with Gasteiger partial charge in [-0.25, -0.2) is 4.98 Å². The Morgan fingerprint density at radius 1 is 1.24 bits per heavy atom. The lowest BCUT2D eigenvalue weighted by Gasteiger charge is -2.17. The van der Waals surface area contributed by atoms with Crippen LogP contribution >= 0.6 is 11.3 Å². The van der Waals surface area contributed by atoms with Gasteiger partial charge < -0.3 is 5.32 Å². The van der Waals surface area contributed by atoms with Crippen molar-refractivity contribution in [2.45, 2.75) is 13.0 Å². The first kappa shape index (κ1) is 11.1. The fourth-order valence-corrected chi connectivity index (χ4v) is 3.25. The van der Waals surface area contributed by atoms with Gasteiger partial charge in [-0.15, -0.1) is 11.3 Å². The molecule has 2 heterocycles. The molecule has 2 aromatic rings. The lowest BCUT2D eigenvalue weighted by atomic mass is 10.3. The minimum atomic E-state index is 1.00. The number of hydrogen-bond donors (Lipinski definition) is 1. The second kappa shape index (κ2) is 5.12. The zero-order valence-electron chi connectivity index (χ0n) is 9.85. The fraction of sp³-hybridized carbons (Fsp3) is 0.462. The summed E-state index contributed by atoms with van der Waals surface area (Å²) in [4.78, 5) is 7.19. The number of aromatic nitrogens is 1. The van der Waals surface area contributed by atoms with E-state index in [0.717, 1.165) is 31.7 Å². The largest absolute Gasteiger partial charge is 0.315 e. The molecule has 1 aromatic carbocycles. The normalized spacial score (nSPS) is 18.4. The number of hydrogen-bond acceptors (Lipinski definition) is 4. The van der Waals surface area contributed by atoms with Crippen LogP contribution in [0, 0.1) is 0 Å². The highest BCUT2D eigenvalue weighted by Crippen LogP contribution is 2.22. The Morgan fingerprint density at radius 3 is 3.12 bits per heavy atom. The summed E-state index contributed by atoms with van der Waals surface area (Å²) in [6.45, 7) is 5.57. The quantitative estimate of drug-likeness (QED) is 0.881. The van der Waals surface area contributed by atoms with Crippen LogP contribution in [-0.2, 0) is 6.54 Å². The standard InChI is InChI=1S/C13H17N3S/c1-2-5-12-11(4-1)15-13(17-12)10-16-8-3-6-14-7-9-16/h1-2,4-5,14H,3,6-10H2. The molecule has 1 saturated heterocycles. The number of para-hydroxylation sites is 1. The van der Waals surface area contributed by atoms with Crippen molar-refractivity contribution >= 4 is 21.6 Å². The number of nitrogens with zero attached hydrogens (tertiary/aromatic N) is 2. The molecule has 0 atom stereocenters. The summed E-state index contributed by atoms with van der Waals surface area (Å²) in [7, 11) is 0. The van der Waals surface area contributed by atoms with Crippen molar-refractivity contribution in [1.29, 1.82) is 0 Å². The predicted molar refractivity (Wildman–Crippen MR) is 72.4 cm³/mol. The Bertz CT molecular complexity index is 453. The molecule has 0 saturated carbocycles. The molecule has 0 amide bonds. The molecule has 1 aliphatic rings. The average molecular weight is 247 g/mol. The van der Waals surface area contributed by atoms with Gasteiger partial charge in [0.1, 0.15) is 5.01 Å². The third-order valence-corrected chi connectivity index (χ3v) is 4.15. The van der Waals surface area contributed by atoms with Crippen LogP contribution in [-0.4, -0.2) is 36.1 Å². The van der Waals surface area contributed by atoms with Crippen LogP contribution in [0.3, 0.4) is 0 Å². The molecule has 0 unspecified atom stereocenters. The molecule has 3 rings (SSSR count). The number of rotatable bonds is 2. The van der Waals surface area contributed by atoms with E-state index in [1.807, 2.05) is 11.3 Å². The first-order valence-electron chi connectivity index (χ1n) is 6.19. The zero-order valence-corrected chi connectivity index (χ0v) is 10.7. The van der Waals surface area contributed by atoms with Crippen LogP contribution in [0.5, 0.6) is 0 Å². The average Bonchev–Trinajstić information content (AvgIpc) is 2.57. The van der Waals surface area contributed by atoms with Crippen molar-refractivity contribution in [2.24, 2.45) is 0 Å². The molecule has 90 valence electrons. The monoisotopic (exact) mass is 247 g/mol. The topological polar surface area (TPSA) is 28.2 Å². The van der Waals surface area contributed by atoms with E-state index >= 15 is 0 Å². The molecule has 1 aromatic heterocycles. The maximum absolute atomic E-state index is 4.69. The molecule has 0 spiro atoms. The highest BCUT2D eigenvalue weighted by atomic mass is 32.1. The van der Waals surface area contributed by atoms with Crippen molar-refractivity contribution in [2.75, 3.05) is 26.2 Å². The molecule has 0 bridgehead atoms. The van der Waals surface area contributed by atoms with Crippen LogP contribution in [0.1, 0.15) is 11.4 Å². The molecule has 0 aliphatic carbocycles. The van der Waals surface area contributed by atoms with Gasteiger partial charge in [0.15, 0.2) is 0 Å². The highest BCUT2D eigenvalue weighted by Gasteiger charge is 2.11. The molecule has 0 radical (unpaired) electrons. The molecule has 17 heavy (non-hydrogen) atoms. The Kier molecular flexibility index (Phi) is 3.36. The summed E-state index contributed by atoms with van der Waals surface area (Å²) < 4.78 is 1.30. The molecule has 1 N–H and O–H groups in total. The minimum Gasteiger partial charge on any atom is -0.315 e. The van der Waals surface area contributed by atoms with E-state index in [9.17, 15) is 0 Å². The second-order valence-electron chi connectivity index (χ2n) is 4.46. The fourth-order valence-electron chi connectivity index (χ4n) is 2.24. The van der Waals surface area contributed by atoms with Crippen molar-refractivity contribution in [3.8, 4) is 0 Å². The molecule has 1 fully saturated rings. The van der Waals surface area contributed by atoms with Gasteiger partial charge >= 0.3 is 0 Å². The van der Waals surface area contributed by atoms with Gasteiger partial charge in [-0.3, -0.25) is 4.90 Å². The number of thiazole rings is 1. The van der Waals surface area contributed by atoms with Crippen LogP contribution in [0.25, 0.3) is 10.2 Å². The molecule has 3 nitrogen and oxygen atoms in total. The Morgan fingerprint density at radius 2 is 2.18 bits per heavy atom. The van der Waals surface area contributed by atoms with Gasteiger partial charge in [-0.1, -0.05) is 12.1 Å². The maximum Gasteiger partial charge on any atom is 0.108 e. The van der Waals surface area contributed by atoms with Crippen molar-refractivity contribution in [3.63, 3.8) is 0 Å². The number of fused-ring (bicyclic) bond motifs is 1. The van der Waals surface area contributed by atoms with Crippen LogP contribution in [0.15, 0.2) is 24.3 Å². The van der Waals surface area contributed by atoms with E-state index in [-0.39, 0.29) is 0 Å². The number of benzene rings is 1. The second-order valence-corrected chi connectivity index (χ2v) is 5.57. The lowest BCUT2D eigenvalue weighted by molar-refractivity contribution is 0.284. The van der Waals surface area contributed by atoms with Gasteiger partial charge in [-0.05, 0) is 31.6 Å².